The van der Waals surface area contributed by atoms with Gasteiger partial charge in [-0.3, -0.25) is 0 Å². The minimum absolute atomic E-state index is 0. The van der Waals surface area contributed by atoms with Crippen LogP contribution in [0.1, 0.15) is 0 Å². The number of thiazole rings is 1. The van der Waals surface area contributed by atoms with Gasteiger partial charge in [0.15, 0.2) is 0 Å². The van der Waals surface area contributed by atoms with E-state index in [2.05, 4.69) is 10.4 Å². The molecular formula is C3HCl2MgNS. The van der Waals surface area contributed by atoms with Gasteiger partial charge in [-0.05, 0) is 0 Å². The van der Waals surface area contributed by atoms with Crippen LogP contribution in [-0.4, -0.2) is 28.0 Å². The predicted molar refractivity (Wildman–Crippen MR) is 31.7 cm³/mol. The quantitative estimate of drug-likeness (QED) is 0.338. The maximum Gasteiger partial charge on any atom is 2.00 e. The number of rotatable bonds is 0. The van der Waals surface area contributed by atoms with Crippen LogP contribution in [0.4, 0.5) is 0 Å². The molecule has 0 fully saturated rings. The van der Waals surface area contributed by atoms with Crippen molar-refractivity contribution < 1.29 is 12.4 Å². The summed E-state index contributed by atoms with van der Waals surface area (Å²) in [5, 5.41) is 2.73. The van der Waals surface area contributed by atoms with Crippen molar-refractivity contribution in [2.75, 3.05) is 0 Å². The molecule has 0 bridgehead atoms. The molecular weight excluding hydrogens is 177 g/mol. The summed E-state index contributed by atoms with van der Waals surface area (Å²) in [6, 6.07) is 0. The zero-order valence-electron chi connectivity index (χ0n) is 3.90. The first-order valence-electron chi connectivity index (χ1n) is 1.37. The summed E-state index contributed by atoms with van der Waals surface area (Å²) in [6.45, 7) is 0. The van der Waals surface area contributed by atoms with Gasteiger partial charge in [-0.1, -0.05) is 6.20 Å². The van der Waals surface area contributed by atoms with Crippen molar-refractivity contribution in [2.45, 2.75) is 0 Å². The summed E-state index contributed by atoms with van der Waals surface area (Å²) in [6.07, 6.45) is 1.55. The van der Waals surface area contributed by atoms with Gasteiger partial charge < -0.3 is 28.7 Å². The van der Waals surface area contributed by atoms with Crippen LogP contribution in [0.2, 0.25) is 4.47 Å². The Labute approximate surface area is 79.0 Å². The van der Waals surface area contributed by atoms with Gasteiger partial charge in [-0.25, -0.2) is 0 Å². The molecule has 0 saturated carbocycles. The van der Waals surface area contributed by atoms with E-state index in [0.29, 0.717) is 4.47 Å². The van der Waals surface area contributed by atoms with Crippen molar-refractivity contribution in [3.8, 4) is 0 Å². The van der Waals surface area contributed by atoms with E-state index in [9.17, 15) is 0 Å². The fourth-order valence-corrected chi connectivity index (χ4v) is 0.669. The van der Waals surface area contributed by atoms with Gasteiger partial charge in [0, 0.05) is 4.47 Å². The predicted octanol–water partition coefficient (Wildman–Crippen LogP) is -1.78. The second-order valence-electron chi connectivity index (χ2n) is 0.731. The Bertz CT molecular complexity index is 121. The second kappa shape index (κ2) is 6.10. The van der Waals surface area contributed by atoms with E-state index in [1.807, 2.05) is 0 Å². The molecule has 1 aromatic heterocycles. The Morgan fingerprint density at radius 2 is 2.38 bits per heavy atom. The molecule has 0 aliphatic carbocycles. The van der Waals surface area contributed by atoms with E-state index in [-0.39, 0.29) is 35.5 Å². The fourth-order valence-electron chi connectivity index (χ4n) is 0.178. The Hall–Kier alpha value is 0.976. The van der Waals surface area contributed by atoms with E-state index in [1.54, 1.807) is 6.20 Å². The molecule has 0 atom stereocenters. The SMILES string of the molecule is Clc1nc[c-]s1.[Cl-].[Mg+2]. The zero-order chi connectivity index (χ0) is 4.41. The van der Waals surface area contributed by atoms with Crippen molar-refractivity contribution in [3.05, 3.63) is 16.0 Å². The first-order valence-corrected chi connectivity index (χ1v) is 2.56. The molecule has 40 valence electrons. The first-order chi connectivity index (χ1) is 2.89. The number of aromatic nitrogens is 1. The van der Waals surface area contributed by atoms with Crippen LogP contribution in [0, 0.1) is 5.38 Å². The van der Waals surface area contributed by atoms with Gasteiger partial charge in [0.1, 0.15) is 0 Å². The minimum atomic E-state index is 0. The molecule has 0 amide bonds. The van der Waals surface area contributed by atoms with Gasteiger partial charge in [-0.2, -0.15) is 17.0 Å². The van der Waals surface area contributed by atoms with Crippen LogP contribution in [-0.2, 0) is 0 Å². The third-order valence-corrected chi connectivity index (χ3v) is 1.19. The Morgan fingerprint density at radius 3 is 2.50 bits per heavy atom. The second-order valence-corrected chi connectivity index (χ2v) is 2.14. The maximum atomic E-state index is 5.33. The van der Waals surface area contributed by atoms with Gasteiger partial charge in [-0.15, -0.1) is 0 Å². The van der Waals surface area contributed by atoms with Gasteiger partial charge in [0.05, 0.1) is 0 Å². The molecule has 0 spiro atoms. The van der Waals surface area contributed by atoms with E-state index >= 15 is 0 Å². The molecule has 0 N–H and O–H groups in total. The molecule has 0 saturated heterocycles. The molecule has 1 nitrogen and oxygen atoms in total. The molecule has 1 aromatic rings. The smallest absolute Gasteiger partial charge is 1.00 e. The number of nitrogens with zero attached hydrogens (tertiary/aromatic N) is 1. The van der Waals surface area contributed by atoms with Crippen LogP contribution in [0.15, 0.2) is 6.20 Å². The zero-order valence-corrected chi connectivity index (χ0v) is 7.64. The normalized spacial score (nSPS) is 6.62. The molecule has 8 heavy (non-hydrogen) atoms. The van der Waals surface area contributed by atoms with Gasteiger partial charge in [0.2, 0.25) is 0 Å². The molecule has 0 aliphatic heterocycles. The average molecular weight is 178 g/mol. The number of hydrogen-bond acceptors (Lipinski definition) is 2. The molecule has 0 radical (unpaired) electrons. The van der Waals surface area contributed by atoms with Gasteiger partial charge >= 0.3 is 23.1 Å². The van der Waals surface area contributed by atoms with Crippen molar-refractivity contribution in [2.24, 2.45) is 0 Å². The van der Waals surface area contributed by atoms with E-state index in [1.165, 1.54) is 11.3 Å². The van der Waals surface area contributed by atoms with Gasteiger partial charge in [0.25, 0.3) is 0 Å². The maximum absolute atomic E-state index is 5.33. The summed E-state index contributed by atoms with van der Waals surface area (Å²) in [5.74, 6) is 0. The number of hydrogen-bond donors (Lipinski definition) is 0. The molecule has 5 heteroatoms. The molecule has 1 heterocycles. The summed E-state index contributed by atoms with van der Waals surface area (Å²) in [5.41, 5.74) is 0. The van der Waals surface area contributed by atoms with Crippen molar-refractivity contribution >= 4 is 46.0 Å². The Kier molecular flexibility index (Phi) is 8.95. The molecule has 0 aromatic carbocycles. The van der Waals surface area contributed by atoms with Crippen LogP contribution in [0.25, 0.3) is 0 Å². The van der Waals surface area contributed by atoms with Crippen LogP contribution < -0.4 is 12.4 Å². The Morgan fingerprint density at radius 1 is 1.75 bits per heavy atom. The third kappa shape index (κ3) is 3.92. The third-order valence-electron chi connectivity index (χ3n) is 0.362. The molecule has 1 rings (SSSR count). The van der Waals surface area contributed by atoms with E-state index in [4.69, 9.17) is 11.6 Å². The standard InChI is InChI=1S/C3HClNS.ClH.Mg/c4-3-5-1-2-6-3;;/h1H;1H;/q-1;;+2/p-1. The molecule has 0 unspecified atom stereocenters. The summed E-state index contributed by atoms with van der Waals surface area (Å²) < 4.78 is 0.551. The van der Waals surface area contributed by atoms with E-state index in [0.717, 1.165) is 0 Å². The minimum Gasteiger partial charge on any atom is -1.00 e. The summed E-state index contributed by atoms with van der Waals surface area (Å²) in [7, 11) is 0. The van der Waals surface area contributed by atoms with Crippen molar-refractivity contribution in [1.82, 2.24) is 4.98 Å². The topological polar surface area (TPSA) is 12.9 Å². The van der Waals surface area contributed by atoms with E-state index < -0.39 is 0 Å². The summed E-state index contributed by atoms with van der Waals surface area (Å²) in [4.78, 5) is 3.65. The van der Waals surface area contributed by atoms with Crippen molar-refractivity contribution in [1.29, 1.82) is 0 Å². The summed E-state index contributed by atoms with van der Waals surface area (Å²) >= 11 is 6.64. The average Bonchev–Trinajstić information content (AvgIpc) is 1.86. The fraction of sp³-hybridized carbons (Fsp3) is 0. The first kappa shape index (κ1) is 11.7. The van der Waals surface area contributed by atoms with Crippen LogP contribution in [0.3, 0.4) is 0 Å². The largest absolute Gasteiger partial charge is 2.00 e. The number of halogens is 2. The molecule has 0 aliphatic rings. The monoisotopic (exact) mass is 177 g/mol. The van der Waals surface area contributed by atoms with Crippen molar-refractivity contribution in [3.63, 3.8) is 0 Å². The van der Waals surface area contributed by atoms with Crippen LogP contribution in [0.5, 0.6) is 0 Å². The Balaban J connectivity index is 0. The van der Waals surface area contributed by atoms with Crippen LogP contribution >= 0.6 is 22.9 Å².